The van der Waals surface area contributed by atoms with Crippen LogP contribution in [-0.2, 0) is 9.53 Å². The number of amides is 1. The first kappa shape index (κ1) is 17.9. The van der Waals surface area contributed by atoms with Gasteiger partial charge < -0.3 is 14.4 Å². The maximum atomic E-state index is 12.5. The topological polar surface area (TPSA) is 64.5 Å². The zero-order valence-corrected chi connectivity index (χ0v) is 15.4. The van der Waals surface area contributed by atoms with Gasteiger partial charge in [0.2, 0.25) is 11.8 Å². The molecule has 3 heterocycles. The molecule has 0 aliphatic carbocycles. The fourth-order valence-corrected chi connectivity index (χ4v) is 3.70. The molecule has 2 aromatic rings. The predicted octanol–water partition coefficient (Wildman–Crippen LogP) is 2.80. The molecule has 0 saturated carbocycles. The Morgan fingerprint density at radius 2 is 1.96 bits per heavy atom. The molecule has 27 heavy (non-hydrogen) atoms. The van der Waals surface area contributed by atoms with Crippen LogP contribution >= 0.6 is 0 Å². The molecule has 6 heteroatoms. The number of benzene rings is 1. The number of hydrogen-bond acceptors (Lipinski definition) is 5. The minimum absolute atomic E-state index is 0.0650. The Morgan fingerprint density at radius 1 is 1.15 bits per heavy atom. The van der Waals surface area contributed by atoms with E-state index in [1.807, 2.05) is 41.3 Å². The van der Waals surface area contributed by atoms with Gasteiger partial charge in [0.05, 0.1) is 24.8 Å². The summed E-state index contributed by atoms with van der Waals surface area (Å²) in [6.45, 7) is 3.54. The Labute approximate surface area is 159 Å². The standard InChI is InChI=1S/C21H25N3O3/c25-21(18-8-11-26-14-18)24-9-6-16(7-10-24)13-27-20-12-19(22-15-23-20)17-4-2-1-3-5-17/h1-5,12,15-16,18H,6-11,13-14H2. The van der Waals surface area contributed by atoms with E-state index < -0.39 is 0 Å². The number of nitrogens with zero attached hydrogens (tertiary/aromatic N) is 3. The van der Waals surface area contributed by atoms with Crippen LogP contribution < -0.4 is 4.74 Å². The summed E-state index contributed by atoms with van der Waals surface area (Å²) in [5, 5.41) is 0. The highest BCUT2D eigenvalue weighted by atomic mass is 16.5. The number of carbonyl (C=O) groups is 1. The lowest BCUT2D eigenvalue weighted by Crippen LogP contribution is -2.42. The van der Waals surface area contributed by atoms with Crippen molar-refractivity contribution >= 4 is 5.91 Å². The molecule has 1 unspecified atom stereocenters. The zero-order chi connectivity index (χ0) is 18.5. The van der Waals surface area contributed by atoms with E-state index in [1.165, 1.54) is 0 Å². The molecule has 0 N–H and O–H groups in total. The van der Waals surface area contributed by atoms with E-state index in [0.717, 1.165) is 43.6 Å². The minimum Gasteiger partial charge on any atom is -0.477 e. The first-order chi connectivity index (χ1) is 13.3. The first-order valence-corrected chi connectivity index (χ1v) is 9.66. The van der Waals surface area contributed by atoms with Crippen molar-refractivity contribution in [3.8, 4) is 17.1 Å². The van der Waals surface area contributed by atoms with Crippen molar-refractivity contribution in [1.82, 2.24) is 14.9 Å². The molecule has 2 aliphatic rings. The highest BCUT2D eigenvalue weighted by Crippen LogP contribution is 2.24. The maximum Gasteiger partial charge on any atom is 0.228 e. The Bertz CT molecular complexity index is 754. The number of carbonyl (C=O) groups excluding carboxylic acids is 1. The average Bonchev–Trinajstić information content (AvgIpc) is 3.28. The third-order valence-electron chi connectivity index (χ3n) is 5.38. The Kier molecular flexibility index (Phi) is 5.63. The van der Waals surface area contributed by atoms with Gasteiger partial charge in [-0.2, -0.15) is 0 Å². The number of hydrogen-bond donors (Lipinski definition) is 0. The molecule has 1 atom stereocenters. The molecule has 0 bridgehead atoms. The summed E-state index contributed by atoms with van der Waals surface area (Å²) in [5.74, 6) is 1.37. The molecule has 2 fully saturated rings. The zero-order valence-electron chi connectivity index (χ0n) is 15.4. The summed E-state index contributed by atoms with van der Waals surface area (Å²) in [6, 6.07) is 11.9. The maximum absolute atomic E-state index is 12.5. The van der Waals surface area contributed by atoms with Crippen LogP contribution in [0.1, 0.15) is 19.3 Å². The van der Waals surface area contributed by atoms with Crippen LogP contribution in [0, 0.1) is 11.8 Å². The molecule has 4 rings (SSSR count). The SMILES string of the molecule is O=C(C1CCOC1)N1CCC(COc2cc(-c3ccccc3)ncn2)CC1. The van der Waals surface area contributed by atoms with E-state index in [1.54, 1.807) is 6.33 Å². The second-order valence-electron chi connectivity index (χ2n) is 7.25. The van der Waals surface area contributed by atoms with Crippen molar-refractivity contribution in [3.63, 3.8) is 0 Å². The van der Waals surface area contributed by atoms with Gasteiger partial charge in [0.1, 0.15) is 6.33 Å². The molecule has 0 spiro atoms. The lowest BCUT2D eigenvalue weighted by Gasteiger charge is -2.33. The quantitative estimate of drug-likeness (QED) is 0.813. The largest absolute Gasteiger partial charge is 0.477 e. The normalized spacial score (nSPS) is 20.6. The average molecular weight is 367 g/mol. The predicted molar refractivity (Wildman–Crippen MR) is 101 cm³/mol. The van der Waals surface area contributed by atoms with E-state index in [9.17, 15) is 4.79 Å². The molecule has 2 aliphatic heterocycles. The van der Waals surface area contributed by atoms with Gasteiger partial charge in [0.25, 0.3) is 0 Å². The number of rotatable bonds is 5. The van der Waals surface area contributed by atoms with Crippen LogP contribution in [0.3, 0.4) is 0 Å². The van der Waals surface area contributed by atoms with Crippen molar-refractivity contribution < 1.29 is 14.3 Å². The van der Waals surface area contributed by atoms with Crippen molar-refractivity contribution in [2.45, 2.75) is 19.3 Å². The number of aromatic nitrogens is 2. The number of piperidine rings is 1. The van der Waals surface area contributed by atoms with Crippen LogP contribution in [0.4, 0.5) is 0 Å². The summed E-state index contributed by atoms with van der Waals surface area (Å²) < 4.78 is 11.3. The summed E-state index contributed by atoms with van der Waals surface area (Å²) in [5.41, 5.74) is 1.91. The van der Waals surface area contributed by atoms with Crippen molar-refractivity contribution in [1.29, 1.82) is 0 Å². The summed E-state index contributed by atoms with van der Waals surface area (Å²) >= 11 is 0. The molecular formula is C21H25N3O3. The minimum atomic E-state index is 0.0650. The summed E-state index contributed by atoms with van der Waals surface area (Å²) in [4.78, 5) is 23.0. The van der Waals surface area contributed by atoms with Gasteiger partial charge in [-0.15, -0.1) is 0 Å². The van der Waals surface area contributed by atoms with Gasteiger partial charge in [-0.05, 0) is 25.2 Å². The third-order valence-corrected chi connectivity index (χ3v) is 5.38. The highest BCUT2D eigenvalue weighted by Gasteiger charge is 2.30. The lowest BCUT2D eigenvalue weighted by atomic mass is 9.96. The van der Waals surface area contributed by atoms with Gasteiger partial charge in [0.15, 0.2) is 0 Å². The van der Waals surface area contributed by atoms with E-state index in [4.69, 9.17) is 9.47 Å². The molecule has 1 amide bonds. The summed E-state index contributed by atoms with van der Waals surface area (Å²) in [7, 11) is 0. The fourth-order valence-electron chi connectivity index (χ4n) is 3.70. The van der Waals surface area contributed by atoms with Gasteiger partial charge in [0, 0.05) is 31.3 Å². The first-order valence-electron chi connectivity index (χ1n) is 9.66. The second-order valence-corrected chi connectivity index (χ2v) is 7.25. The van der Waals surface area contributed by atoms with Gasteiger partial charge >= 0.3 is 0 Å². The van der Waals surface area contributed by atoms with E-state index in [0.29, 0.717) is 31.6 Å². The fraction of sp³-hybridized carbons (Fsp3) is 0.476. The van der Waals surface area contributed by atoms with Crippen molar-refractivity contribution in [2.75, 3.05) is 32.9 Å². The Hall–Kier alpha value is -2.47. The molecule has 0 radical (unpaired) electrons. The van der Waals surface area contributed by atoms with E-state index in [-0.39, 0.29) is 11.8 Å². The van der Waals surface area contributed by atoms with Crippen LogP contribution in [0.15, 0.2) is 42.7 Å². The van der Waals surface area contributed by atoms with Gasteiger partial charge in [-0.1, -0.05) is 30.3 Å². The van der Waals surface area contributed by atoms with E-state index in [2.05, 4.69) is 9.97 Å². The van der Waals surface area contributed by atoms with Crippen LogP contribution in [-0.4, -0.2) is 53.7 Å². The van der Waals surface area contributed by atoms with Crippen molar-refractivity contribution in [2.24, 2.45) is 11.8 Å². The molecule has 2 saturated heterocycles. The molecule has 1 aromatic heterocycles. The Morgan fingerprint density at radius 3 is 2.70 bits per heavy atom. The smallest absolute Gasteiger partial charge is 0.228 e. The van der Waals surface area contributed by atoms with Gasteiger partial charge in [-0.3, -0.25) is 4.79 Å². The molecular weight excluding hydrogens is 342 g/mol. The number of likely N-dealkylation sites (tertiary alicyclic amines) is 1. The monoisotopic (exact) mass is 367 g/mol. The molecule has 142 valence electrons. The highest BCUT2D eigenvalue weighted by molar-refractivity contribution is 5.79. The van der Waals surface area contributed by atoms with E-state index >= 15 is 0 Å². The van der Waals surface area contributed by atoms with Gasteiger partial charge in [-0.25, -0.2) is 9.97 Å². The lowest BCUT2D eigenvalue weighted by molar-refractivity contribution is -0.137. The summed E-state index contributed by atoms with van der Waals surface area (Å²) in [6.07, 6.45) is 4.34. The third kappa shape index (κ3) is 4.45. The van der Waals surface area contributed by atoms with Crippen molar-refractivity contribution in [3.05, 3.63) is 42.7 Å². The number of ether oxygens (including phenoxy) is 2. The molecule has 6 nitrogen and oxygen atoms in total. The molecule has 1 aromatic carbocycles. The second kappa shape index (κ2) is 8.48. The Balaban J connectivity index is 1.27. The van der Waals surface area contributed by atoms with Crippen LogP contribution in [0.25, 0.3) is 11.3 Å². The van der Waals surface area contributed by atoms with Crippen LogP contribution in [0.2, 0.25) is 0 Å². The van der Waals surface area contributed by atoms with Crippen LogP contribution in [0.5, 0.6) is 5.88 Å².